The molecule has 2 saturated carbocycles. The van der Waals surface area contributed by atoms with Gasteiger partial charge in [0.15, 0.2) is 23.1 Å². The minimum Gasteiger partial charge on any atom is -0.489 e. The van der Waals surface area contributed by atoms with Crippen molar-refractivity contribution < 1.29 is 37.7 Å². The fraction of sp³-hybridized carbons (Fsp3) is 0.524. The van der Waals surface area contributed by atoms with E-state index in [0.717, 1.165) is 51.4 Å². The van der Waals surface area contributed by atoms with Gasteiger partial charge in [-0.15, -0.1) is 0 Å². The second-order valence-electron chi connectivity index (χ2n) is 16.5. The standard InChI is InChI=1S/C22H26FN3O4.C20H22FN3O4/c1-2-29-22(28)16-11-26(13-3-4-13)18-15(20(16)27)8-17(23)19-21(18)30-6-5-14-7-12(9-24)10-25(14)19;21-15-6-13-16(24(11-1-2-11)9-14(18(13)25)20(26)27)19-17(15)23-8-10(7-22)5-12(23)3-4-28-19/h8,11-14H,2-7,9-10,24H2,1H3;6,9-12H,1-5,7-8,22H2,(H,26,27)/t12-,14+;10-,12+/m11/s1. The maximum atomic E-state index is 15.4. The number of halogens is 2. The lowest BCUT2D eigenvalue weighted by molar-refractivity contribution is 0.0523. The highest BCUT2D eigenvalue weighted by Crippen LogP contribution is 2.49. The van der Waals surface area contributed by atoms with Crippen LogP contribution < -0.4 is 41.6 Å². The Hall–Kier alpha value is -5.22. The van der Waals surface area contributed by atoms with Gasteiger partial charge in [-0.25, -0.2) is 18.4 Å². The summed E-state index contributed by atoms with van der Waals surface area (Å²) in [7, 11) is 0. The Kier molecular flexibility index (Phi) is 9.82. The fourth-order valence-electron chi connectivity index (χ4n) is 9.54. The van der Waals surface area contributed by atoms with E-state index in [1.807, 2.05) is 9.47 Å². The van der Waals surface area contributed by atoms with Crippen LogP contribution >= 0.6 is 0 Å². The first-order valence-electron chi connectivity index (χ1n) is 20.4. The molecular formula is C42H48F2N6O8. The van der Waals surface area contributed by atoms with Gasteiger partial charge in [-0.1, -0.05) is 0 Å². The van der Waals surface area contributed by atoms with Gasteiger partial charge in [0.05, 0.1) is 41.6 Å². The van der Waals surface area contributed by atoms with Crippen LogP contribution in [-0.2, 0) is 4.74 Å². The summed E-state index contributed by atoms with van der Waals surface area (Å²) in [5.74, 6) is -1.65. The molecular weight excluding hydrogens is 754 g/mol. The first-order valence-corrected chi connectivity index (χ1v) is 20.4. The van der Waals surface area contributed by atoms with E-state index in [4.69, 9.17) is 25.7 Å². The molecule has 2 aromatic carbocycles. The molecule has 2 aromatic heterocycles. The molecule has 0 unspecified atom stereocenters. The highest BCUT2D eigenvalue weighted by atomic mass is 19.1. The number of aromatic carboxylic acids is 1. The highest BCUT2D eigenvalue weighted by Gasteiger charge is 2.41. The smallest absolute Gasteiger partial charge is 0.343 e. The first-order chi connectivity index (χ1) is 28.0. The molecule has 6 heterocycles. The number of anilines is 2. The normalized spacial score (nSPS) is 23.4. The minimum atomic E-state index is -1.30. The summed E-state index contributed by atoms with van der Waals surface area (Å²) in [5.41, 5.74) is 12.0. The van der Waals surface area contributed by atoms with Crippen LogP contribution in [0.3, 0.4) is 0 Å². The molecule has 308 valence electrons. The van der Waals surface area contributed by atoms with Gasteiger partial charge >= 0.3 is 11.9 Å². The number of ether oxygens (including phenoxy) is 3. The maximum Gasteiger partial charge on any atom is 0.343 e. The average molecular weight is 803 g/mol. The quantitative estimate of drug-likeness (QED) is 0.219. The van der Waals surface area contributed by atoms with Crippen molar-refractivity contribution in [2.24, 2.45) is 23.3 Å². The van der Waals surface area contributed by atoms with Crippen molar-refractivity contribution in [1.29, 1.82) is 0 Å². The average Bonchev–Trinajstić information content (AvgIpc) is 4.15. The lowest BCUT2D eigenvalue weighted by atomic mass is 10.0. The number of aromatic nitrogens is 2. The first kappa shape index (κ1) is 38.3. The summed E-state index contributed by atoms with van der Waals surface area (Å²) in [5, 5.41) is 9.65. The molecule has 16 heteroatoms. The van der Waals surface area contributed by atoms with Crippen LogP contribution in [0.4, 0.5) is 20.2 Å². The second-order valence-corrected chi connectivity index (χ2v) is 16.5. The zero-order valence-corrected chi connectivity index (χ0v) is 32.4. The van der Waals surface area contributed by atoms with Crippen LogP contribution in [0, 0.1) is 23.5 Å². The molecule has 58 heavy (non-hydrogen) atoms. The van der Waals surface area contributed by atoms with Gasteiger partial charge in [-0.2, -0.15) is 0 Å². The van der Waals surface area contributed by atoms with Crippen LogP contribution in [0.1, 0.15) is 91.1 Å². The molecule has 4 aromatic rings. The maximum absolute atomic E-state index is 15.4. The summed E-state index contributed by atoms with van der Waals surface area (Å²) in [4.78, 5) is 53.9. The monoisotopic (exact) mass is 802 g/mol. The molecule has 14 nitrogen and oxygen atoms in total. The summed E-state index contributed by atoms with van der Waals surface area (Å²) < 4.78 is 51.6. The predicted molar refractivity (Wildman–Crippen MR) is 213 cm³/mol. The fourth-order valence-corrected chi connectivity index (χ4v) is 9.54. The number of rotatable bonds is 7. The molecule has 5 N–H and O–H groups in total. The SMILES string of the molecule is CCOC(=O)c1cn(C2CC2)c2c3c(c(F)cc2c1=O)N1C[C@@H](CN)C[C@@H]1CCO3.NC[C@H]1C[C@@H]2CCOc3c(c(F)cc4c(=O)c(C(=O)O)cn(C5CC5)c34)N2C1. The number of carbonyl (C=O) groups is 2. The van der Waals surface area contributed by atoms with E-state index >= 15 is 8.78 Å². The third-order valence-electron chi connectivity index (χ3n) is 12.6. The number of hydrogen-bond acceptors (Lipinski definition) is 11. The highest BCUT2D eigenvalue weighted by molar-refractivity contribution is 5.99. The van der Waals surface area contributed by atoms with Crippen molar-refractivity contribution >= 4 is 45.1 Å². The Bertz CT molecular complexity index is 2460. The number of carbonyl (C=O) groups excluding carboxylic acids is 1. The Morgan fingerprint density at radius 3 is 1.60 bits per heavy atom. The van der Waals surface area contributed by atoms with Crippen molar-refractivity contribution in [2.45, 2.75) is 82.5 Å². The number of benzene rings is 2. The molecule has 2 aliphatic carbocycles. The van der Waals surface area contributed by atoms with E-state index in [1.54, 1.807) is 17.7 Å². The Balaban J connectivity index is 0.000000151. The van der Waals surface area contributed by atoms with E-state index < -0.39 is 34.4 Å². The number of nitrogens with two attached hydrogens (primary N) is 2. The van der Waals surface area contributed by atoms with Gasteiger partial charge in [0.25, 0.3) is 0 Å². The lowest BCUT2D eigenvalue weighted by Gasteiger charge is -2.26. The van der Waals surface area contributed by atoms with Gasteiger partial charge in [0.2, 0.25) is 10.9 Å². The zero-order valence-electron chi connectivity index (χ0n) is 32.4. The van der Waals surface area contributed by atoms with E-state index in [2.05, 4.69) is 4.90 Å². The van der Waals surface area contributed by atoms with Gasteiger partial charge in [-0.05, 0) is 82.5 Å². The van der Waals surface area contributed by atoms with Gasteiger partial charge < -0.3 is 49.7 Å². The second kappa shape index (κ2) is 14.9. The topological polar surface area (TPSA) is 185 Å². The van der Waals surface area contributed by atoms with E-state index in [0.29, 0.717) is 85.1 Å². The molecule has 10 rings (SSSR count). The minimum absolute atomic E-state index is 0.0635. The molecule has 4 atom stereocenters. The predicted octanol–water partition coefficient (Wildman–Crippen LogP) is 4.70. The Labute approximate surface area is 332 Å². The van der Waals surface area contributed by atoms with E-state index in [1.165, 1.54) is 18.3 Å². The molecule has 0 amide bonds. The number of carboxylic acids is 1. The van der Waals surface area contributed by atoms with Crippen molar-refractivity contribution in [2.75, 3.05) is 55.8 Å². The molecule has 0 spiro atoms. The zero-order chi connectivity index (χ0) is 40.6. The number of esters is 1. The van der Waals surface area contributed by atoms with E-state index in [-0.39, 0.29) is 52.7 Å². The van der Waals surface area contributed by atoms with Gasteiger partial charge in [-0.3, -0.25) is 9.59 Å². The third kappa shape index (κ3) is 6.44. The van der Waals surface area contributed by atoms with Crippen molar-refractivity contribution in [1.82, 2.24) is 9.13 Å². The van der Waals surface area contributed by atoms with Crippen LogP contribution in [0.15, 0.2) is 34.1 Å². The lowest BCUT2D eigenvalue weighted by Crippen LogP contribution is -2.30. The van der Waals surface area contributed by atoms with Crippen molar-refractivity contribution in [3.05, 3.63) is 67.7 Å². The summed E-state index contributed by atoms with van der Waals surface area (Å²) in [6, 6.07) is 3.04. The van der Waals surface area contributed by atoms with Crippen molar-refractivity contribution in [3.63, 3.8) is 0 Å². The molecule has 6 aliphatic rings. The summed E-state index contributed by atoms with van der Waals surface area (Å²) in [6.07, 6.45) is 9.96. The largest absolute Gasteiger partial charge is 0.489 e. The molecule has 4 aliphatic heterocycles. The number of carboxylic acid groups (broad SMARTS) is 1. The summed E-state index contributed by atoms with van der Waals surface area (Å²) >= 11 is 0. The third-order valence-corrected chi connectivity index (χ3v) is 12.6. The molecule has 2 saturated heterocycles. The molecule has 4 fully saturated rings. The number of nitrogens with zero attached hydrogens (tertiary/aromatic N) is 4. The van der Waals surface area contributed by atoms with Crippen LogP contribution in [0.5, 0.6) is 11.5 Å². The number of hydrogen-bond donors (Lipinski definition) is 3. The van der Waals surface area contributed by atoms with Crippen LogP contribution in [0.2, 0.25) is 0 Å². The van der Waals surface area contributed by atoms with Crippen LogP contribution in [0.25, 0.3) is 21.8 Å². The van der Waals surface area contributed by atoms with E-state index in [9.17, 15) is 24.3 Å². The Morgan fingerprint density at radius 2 is 1.19 bits per heavy atom. The van der Waals surface area contributed by atoms with Gasteiger partial charge in [0, 0.05) is 62.5 Å². The van der Waals surface area contributed by atoms with Crippen LogP contribution in [-0.4, -0.2) is 84.3 Å². The molecule has 0 radical (unpaired) electrons. The molecule has 0 bridgehead atoms. The Morgan fingerprint density at radius 1 is 0.741 bits per heavy atom. The van der Waals surface area contributed by atoms with Crippen molar-refractivity contribution in [3.8, 4) is 11.5 Å². The summed E-state index contributed by atoms with van der Waals surface area (Å²) in [6.45, 7) is 5.16. The number of pyridine rings is 2. The van der Waals surface area contributed by atoms with Gasteiger partial charge in [0.1, 0.15) is 22.5 Å². The number of fused-ring (bicyclic) bond motifs is 10.